The van der Waals surface area contributed by atoms with Crippen LogP contribution in [0.25, 0.3) is 0 Å². The number of ether oxygens (including phenoxy) is 2. The lowest BCUT2D eigenvalue weighted by molar-refractivity contribution is 0.171. The highest BCUT2D eigenvalue weighted by Crippen LogP contribution is 2.31. The molecular weight excluding hydrogens is 372 g/mol. The molecule has 0 aliphatic heterocycles. The molecule has 0 saturated heterocycles. The molecule has 0 bridgehead atoms. The van der Waals surface area contributed by atoms with Crippen LogP contribution in [0, 0.1) is 13.8 Å². The quantitative estimate of drug-likeness (QED) is 0.461. The number of nitrogens with one attached hydrogen (secondary N) is 1. The number of methoxy groups -OCH3 is 2. The third-order valence-electron chi connectivity index (χ3n) is 3.56. The molecule has 2 rings (SSSR count). The first-order valence-corrected chi connectivity index (χ1v) is 9.24. The van der Waals surface area contributed by atoms with Crippen LogP contribution in [0.3, 0.4) is 0 Å². The van der Waals surface area contributed by atoms with E-state index in [1.165, 1.54) is 32.6 Å². The zero-order valence-corrected chi connectivity index (χ0v) is 16.2. The average Bonchev–Trinajstić information content (AvgIpc) is 2.64. The van der Waals surface area contributed by atoms with Gasteiger partial charge < -0.3 is 13.7 Å². The fraction of sp³-hybridized carbons (Fsp3) is 0.222. The second kappa shape index (κ2) is 8.54. The predicted molar refractivity (Wildman–Crippen MR) is 99.9 cm³/mol. The van der Waals surface area contributed by atoms with Gasteiger partial charge in [0.05, 0.1) is 20.4 Å². The molecule has 0 aliphatic rings. The lowest BCUT2D eigenvalue weighted by Crippen LogP contribution is -2.16. The molecule has 8 nitrogen and oxygen atoms in total. The monoisotopic (exact) mass is 392 g/mol. The Balaban J connectivity index is 2.28. The van der Waals surface area contributed by atoms with Gasteiger partial charge in [-0.3, -0.25) is 0 Å². The Hall–Kier alpha value is -3.07. The molecule has 0 aromatic heterocycles. The van der Waals surface area contributed by atoms with E-state index in [0.717, 1.165) is 5.56 Å². The van der Waals surface area contributed by atoms with Crippen molar-refractivity contribution in [3.05, 3.63) is 53.1 Å². The summed E-state index contributed by atoms with van der Waals surface area (Å²) in [5.74, 6) is 0.238. The third-order valence-corrected chi connectivity index (χ3v) is 4.93. The summed E-state index contributed by atoms with van der Waals surface area (Å²) in [6.07, 6.45) is 0.639. The molecule has 0 aliphatic carbocycles. The predicted octanol–water partition coefficient (Wildman–Crippen LogP) is 2.77. The summed E-state index contributed by atoms with van der Waals surface area (Å²) in [6.45, 7) is 3.50. The highest BCUT2D eigenvalue weighted by atomic mass is 32.2. The number of nitrogens with zero attached hydrogens (tertiary/aromatic N) is 1. The maximum absolute atomic E-state index is 12.6. The Labute approximate surface area is 157 Å². The molecule has 2 aromatic carbocycles. The van der Waals surface area contributed by atoms with Crippen molar-refractivity contribution in [1.29, 1.82) is 0 Å². The maximum Gasteiger partial charge on any atom is 0.427 e. The van der Waals surface area contributed by atoms with Crippen molar-refractivity contribution < 1.29 is 26.9 Å². The number of amides is 1. The Morgan fingerprint density at radius 2 is 1.81 bits per heavy atom. The minimum absolute atomic E-state index is 0.0384. The molecular formula is C18H20N2O6S. The number of hydrogen-bond acceptors (Lipinski definition) is 7. The van der Waals surface area contributed by atoms with Gasteiger partial charge in [-0.2, -0.15) is 13.5 Å². The Morgan fingerprint density at radius 3 is 2.48 bits per heavy atom. The van der Waals surface area contributed by atoms with Crippen molar-refractivity contribution in [2.45, 2.75) is 18.7 Å². The highest BCUT2D eigenvalue weighted by molar-refractivity contribution is 7.87. The lowest BCUT2D eigenvalue weighted by atomic mass is 10.2. The lowest BCUT2D eigenvalue weighted by Gasteiger charge is -2.13. The smallest absolute Gasteiger partial charge is 0.427 e. The number of hydrazone groups is 1. The van der Waals surface area contributed by atoms with E-state index in [9.17, 15) is 13.2 Å². The van der Waals surface area contributed by atoms with E-state index < -0.39 is 16.2 Å². The molecule has 0 atom stereocenters. The van der Waals surface area contributed by atoms with Crippen LogP contribution < -0.4 is 14.3 Å². The van der Waals surface area contributed by atoms with Gasteiger partial charge in [0.2, 0.25) is 0 Å². The summed E-state index contributed by atoms with van der Waals surface area (Å²) >= 11 is 0. The number of carbonyl (C=O) groups excluding carboxylic acids is 1. The minimum atomic E-state index is -4.03. The summed E-state index contributed by atoms with van der Waals surface area (Å²) in [5.41, 5.74) is 4.09. The molecule has 0 fully saturated rings. The van der Waals surface area contributed by atoms with Gasteiger partial charge in [-0.05, 0) is 54.8 Å². The van der Waals surface area contributed by atoms with Gasteiger partial charge in [-0.25, -0.2) is 10.2 Å². The molecule has 1 N–H and O–H groups in total. The van der Waals surface area contributed by atoms with E-state index in [4.69, 9.17) is 8.92 Å². The largest absolute Gasteiger partial charge is 0.493 e. The second-order valence-electron chi connectivity index (χ2n) is 5.58. The number of benzene rings is 2. The van der Waals surface area contributed by atoms with Gasteiger partial charge >= 0.3 is 16.2 Å². The van der Waals surface area contributed by atoms with Crippen molar-refractivity contribution >= 4 is 22.4 Å². The van der Waals surface area contributed by atoms with Gasteiger partial charge in [-0.15, -0.1) is 0 Å². The first kappa shape index (κ1) is 20.2. The molecule has 2 aromatic rings. The van der Waals surface area contributed by atoms with E-state index in [2.05, 4.69) is 15.3 Å². The van der Waals surface area contributed by atoms with Crippen LogP contribution >= 0.6 is 0 Å². The summed E-state index contributed by atoms with van der Waals surface area (Å²) in [7, 11) is -1.42. The average molecular weight is 392 g/mol. The Morgan fingerprint density at radius 1 is 1.07 bits per heavy atom. The second-order valence-corrected chi connectivity index (χ2v) is 7.09. The summed E-state index contributed by atoms with van der Waals surface area (Å²) in [5, 5.41) is 3.70. The summed E-state index contributed by atoms with van der Waals surface area (Å²) in [6, 6.07) is 9.63. The van der Waals surface area contributed by atoms with E-state index in [0.29, 0.717) is 11.1 Å². The van der Waals surface area contributed by atoms with Crippen molar-refractivity contribution in [3.63, 3.8) is 0 Å². The zero-order valence-electron chi connectivity index (χ0n) is 15.3. The van der Waals surface area contributed by atoms with Crippen molar-refractivity contribution in [2.75, 3.05) is 14.2 Å². The zero-order chi connectivity index (χ0) is 20.0. The first-order valence-electron chi connectivity index (χ1n) is 7.83. The topological polar surface area (TPSA) is 103 Å². The van der Waals surface area contributed by atoms with Crippen LogP contribution in [-0.2, 0) is 14.9 Å². The van der Waals surface area contributed by atoms with Gasteiger partial charge in [0.1, 0.15) is 4.90 Å². The third kappa shape index (κ3) is 5.20. The van der Waals surface area contributed by atoms with Gasteiger partial charge in [0, 0.05) is 0 Å². The van der Waals surface area contributed by atoms with E-state index >= 15 is 0 Å². The number of hydrogen-bond donors (Lipinski definition) is 1. The van der Waals surface area contributed by atoms with Crippen molar-refractivity contribution in [2.24, 2.45) is 5.10 Å². The highest BCUT2D eigenvalue weighted by Gasteiger charge is 2.21. The normalized spacial score (nSPS) is 11.3. The van der Waals surface area contributed by atoms with Crippen molar-refractivity contribution in [1.82, 2.24) is 5.43 Å². The molecule has 0 heterocycles. The molecule has 144 valence electrons. The van der Waals surface area contributed by atoms with Crippen LogP contribution in [0.4, 0.5) is 4.79 Å². The molecule has 0 unspecified atom stereocenters. The SMILES string of the molecule is COC(=O)NN=Cc1ccc(OS(=O)(=O)c2cc(C)ccc2C)c(OC)c1. The first-order chi connectivity index (χ1) is 12.8. The Kier molecular flexibility index (Phi) is 6.40. The number of rotatable bonds is 6. The van der Waals surface area contributed by atoms with E-state index in [-0.39, 0.29) is 16.4 Å². The van der Waals surface area contributed by atoms with Gasteiger partial charge in [0.15, 0.2) is 11.5 Å². The van der Waals surface area contributed by atoms with Crippen LogP contribution in [0.2, 0.25) is 0 Å². The molecule has 1 amide bonds. The van der Waals surface area contributed by atoms with Crippen molar-refractivity contribution in [3.8, 4) is 11.5 Å². The summed E-state index contributed by atoms with van der Waals surface area (Å²) < 4.78 is 40.2. The number of carbonyl (C=O) groups is 1. The molecule has 0 radical (unpaired) electrons. The molecule has 9 heteroatoms. The van der Waals surface area contributed by atoms with Crippen LogP contribution in [0.1, 0.15) is 16.7 Å². The molecule has 27 heavy (non-hydrogen) atoms. The standard InChI is InChI=1S/C18H20N2O6S/c1-12-5-6-13(2)17(9-12)27(22,23)26-15-8-7-14(10-16(15)24-3)11-19-20-18(21)25-4/h5-11H,1-4H3,(H,20,21). The van der Waals surface area contributed by atoms with E-state index in [1.54, 1.807) is 32.0 Å². The van der Waals surface area contributed by atoms with Crippen LogP contribution in [0.5, 0.6) is 11.5 Å². The fourth-order valence-electron chi connectivity index (χ4n) is 2.18. The van der Waals surface area contributed by atoms with Gasteiger partial charge in [-0.1, -0.05) is 12.1 Å². The Bertz CT molecular complexity index is 970. The summed E-state index contributed by atoms with van der Waals surface area (Å²) in [4.78, 5) is 11.1. The fourth-order valence-corrected chi connectivity index (χ4v) is 3.43. The number of aryl methyl sites for hydroxylation is 2. The van der Waals surface area contributed by atoms with Crippen LogP contribution in [-0.4, -0.2) is 34.9 Å². The van der Waals surface area contributed by atoms with Crippen LogP contribution in [0.15, 0.2) is 46.4 Å². The molecule has 0 spiro atoms. The minimum Gasteiger partial charge on any atom is -0.493 e. The maximum atomic E-state index is 12.6. The molecule has 0 saturated carbocycles. The van der Waals surface area contributed by atoms with E-state index in [1.807, 2.05) is 6.07 Å². The van der Waals surface area contributed by atoms with Gasteiger partial charge in [0.25, 0.3) is 0 Å².